The van der Waals surface area contributed by atoms with Crippen LogP contribution < -0.4 is 0 Å². The van der Waals surface area contributed by atoms with E-state index in [0.29, 0.717) is 18.8 Å². The molecule has 6 nitrogen and oxygen atoms in total. The molecule has 0 aromatic heterocycles. The number of hydrogen-bond donors (Lipinski definition) is 3. The summed E-state index contributed by atoms with van der Waals surface area (Å²) in [6.07, 6.45) is 9.48. The zero-order valence-corrected chi connectivity index (χ0v) is 24.5. The van der Waals surface area contributed by atoms with Crippen LogP contribution in [0.2, 0.25) is 0 Å². The van der Waals surface area contributed by atoms with Crippen LogP contribution in [-0.4, -0.2) is 45.6 Å². The quantitative estimate of drug-likeness (QED) is 0.296. The Kier molecular flexibility index (Phi) is 7.36. The molecular formula is C32H48O6. The topological polar surface area (TPSA) is 104 Å². The summed E-state index contributed by atoms with van der Waals surface area (Å²) >= 11 is 0. The van der Waals surface area contributed by atoms with E-state index in [4.69, 9.17) is 4.74 Å². The molecule has 4 aliphatic rings. The number of aliphatic hydroxyl groups excluding tert-OH is 2. The average molecular weight is 529 g/mol. The number of esters is 1. The third kappa shape index (κ3) is 4.13. The Hall–Kier alpha value is -1.92. The molecule has 0 spiro atoms. The molecule has 0 aromatic carbocycles. The second-order valence-electron chi connectivity index (χ2n) is 13.9. The number of carboxylic acids is 1. The highest BCUT2D eigenvalue weighted by Crippen LogP contribution is 2.71. The minimum Gasteiger partial charge on any atom is -0.478 e. The molecule has 38 heavy (non-hydrogen) atoms. The van der Waals surface area contributed by atoms with E-state index in [9.17, 15) is 24.9 Å². The summed E-state index contributed by atoms with van der Waals surface area (Å²) in [5.74, 6) is -0.850. The molecule has 212 valence electrons. The van der Waals surface area contributed by atoms with Crippen molar-refractivity contribution in [2.75, 3.05) is 0 Å². The molecule has 0 bridgehead atoms. The maximum Gasteiger partial charge on any atom is 0.330 e. The van der Waals surface area contributed by atoms with Gasteiger partial charge in [0.15, 0.2) is 0 Å². The van der Waals surface area contributed by atoms with Gasteiger partial charge in [-0.25, -0.2) is 4.79 Å². The number of carbonyl (C=O) groups excluding carboxylic acids is 1. The predicted octanol–water partition coefficient (Wildman–Crippen LogP) is 5.83. The van der Waals surface area contributed by atoms with Crippen LogP contribution in [0.4, 0.5) is 0 Å². The first kappa shape index (κ1) is 29.1. The summed E-state index contributed by atoms with van der Waals surface area (Å²) in [6.45, 7) is 16.4. The molecular weight excluding hydrogens is 480 g/mol. The normalized spacial score (nSPS) is 41.6. The highest BCUT2D eigenvalue weighted by Gasteiger charge is 2.66. The Morgan fingerprint density at radius 3 is 2.39 bits per heavy atom. The molecule has 0 radical (unpaired) electrons. The smallest absolute Gasteiger partial charge is 0.330 e. The van der Waals surface area contributed by atoms with Crippen molar-refractivity contribution in [3.8, 4) is 0 Å². The van der Waals surface area contributed by atoms with Crippen LogP contribution in [-0.2, 0) is 14.3 Å². The Labute approximate surface area is 228 Å². The van der Waals surface area contributed by atoms with Gasteiger partial charge >= 0.3 is 11.9 Å². The standard InChI is InChI=1S/C32H48O6/c1-18(28(36)37)9-11-24(34)19(2)23-17-26(35)32(8)22-10-12-25-29(4,5)27(38-20(3)33)14-15-30(25,6)21(22)13-16-31(23,32)7/h9-10,13,19,23-27,34-35H,11-12,14-17H2,1-8H3,(H,36,37)/b18-9+/t19-,23+,24+,25-,26-,27+,30+,31+,32+/m0/s1. The molecule has 0 heterocycles. The Balaban J connectivity index is 1.67. The van der Waals surface area contributed by atoms with Gasteiger partial charge in [0.25, 0.3) is 0 Å². The van der Waals surface area contributed by atoms with E-state index in [1.54, 1.807) is 13.0 Å². The van der Waals surface area contributed by atoms with Crippen LogP contribution in [0.1, 0.15) is 93.9 Å². The van der Waals surface area contributed by atoms with Crippen molar-refractivity contribution in [2.24, 2.45) is 39.4 Å². The summed E-state index contributed by atoms with van der Waals surface area (Å²) in [4.78, 5) is 23.0. The highest BCUT2D eigenvalue weighted by molar-refractivity contribution is 5.85. The first-order valence-corrected chi connectivity index (χ1v) is 14.4. The first-order chi connectivity index (χ1) is 17.5. The first-order valence-electron chi connectivity index (χ1n) is 14.4. The van der Waals surface area contributed by atoms with Crippen molar-refractivity contribution in [2.45, 2.75) is 112 Å². The average Bonchev–Trinajstić information content (AvgIpc) is 3.04. The summed E-state index contributed by atoms with van der Waals surface area (Å²) in [5, 5.41) is 32.0. The third-order valence-corrected chi connectivity index (χ3v) is 11.9. The number of carboxylic acid groups (broad SMARTS) is 1. The van der Waals surface area contributed by atoms with Crippen LogP contribution in [0.15, 0.2) is 34.9 Å². The van der Waals surface area contributed by atoms with E-state index in [1.165, 1.54) is 18.1 Å². The van der Waals surface area contributed by atoms with E-state index in [0.717, 1.165) is 25.7 Å². The fraction of sp³-hybridized carbons (Fsp3) is 0.750. The summed E-state index contributed by atoms with van der Waals surface area (Å²) in [7, 11) is 0. The van der Waals surface area contributed by atoms with Crippen molar-refractivity contribution in [3.63, 3.8) is 0 Å². The lowest BCUT2D eigenvalue weighted by Crippen LogP contribution is -2.56. The van der Waals surface area contributed by atoms with E-state index < -0.39 is 23.6 Å². The molecule has 4 aliphatic carbocycles. The molecule has 0 aromatic rings. The highest BCUT2D eigenvalue weighted by atomic mass is 16.5. The van der Waals surface area contributed by atoms with Gasteiger partial charge in [0, 0.05) is 23.3 Å². The number of hydrogen-bond acceptors (Lipinski definition) is 5. The van der Waals surface area contributed by atoms with Crippen LogP contribution >= 0.6 is 0 Å². The fourth-order valence-electron chi connectivity index (χ4n) is 9.14. The number of aliphatic carboxylic acids is 1. The van der Waals surface area contributed by atoms with Crippen molar-refractivity contribution >= 4 is 11.9 Å². The van der Waals surface area contributed by atoms with Gasteiger partial charge in [-0.2, -0.15) is 0 Å². The zero-order chi connectivity index (χ0) is 28.4. The second-order valence-corrected chi connectivity index (χ2v) is 13.9. The van der Waals surface area contributed by atoms with Crippen molar-refractivity contribution in [3.05, 3.63) is 34.9 Å². The molecule has 3 N–H and O–H groups in total. The van der Waals surface area contributed by atoms with Gasteiger partial charge in [0.05, 0.1) is 12.2 Å². The van der Waals surface area contributed by atoms with Crippen LogP contribution in [0.3, 0.4) is 0 Å². The molecule has 2 saturated carbocycles. The number of fused-ring (bicyclic) bond motifs is 5. The van der Waals surface area contributed by atoms with Gasteiger partial charge in [-0.05, 0) is 85.2 Å². The lowest BCUT2D eigenvalue weighted by Gasteiger charge is -2.61. The third-order valence-electron chi connectivity index (χ3n) is 11.9. The van der Waals surface area contributed by atoms with Crippen molar-refractivity contribution in [1.82, 2.24) is 0 Å². The lowest BCUT2D eigenvalue weighted by molar-refractivity contribution is -0.165. The largest absolute Gasteiger partial charge is 0.478 e. The van der Waals surface area contributed by atoms with Crippen LogP contribution in [0.5, 0.6) is 0 Å². The predicted molar refractivity (Wildman–Crippen MR) is 147 cm³/mol. The Bertz CT molecular complexity index is 1080. The molecule has 9 atom stereocenters. The van der Waals surface area contributed by atoms with Gasteiger partial charge < -0.3 is 20.1 Å². The summed E-state index contributed by atoms with van der Waals surface area (Å²) in [5.41, 5.74) is 1.97. The van der Waals surface area contributed by atoms with Gasteiger partial charge in [0.2, 0.25) is 0 Å². The fourth-order valence-corrected chi connectivity index (χ4v) is 9.14. The summed E-state index contributed by atoms with van der Waals surface area (Å²) in [6, 6.07) is 0. The Morgan fingerprint density at radius 2 is 1.79 bits per heavy atom. The SMILES string of the molecule is CC(=O)O[C@@H]1CC[C@]2(C)C3=CC[C@]4(C)[C@@H]([C@H](C)[C@H](O)C/C=C(\C)C(=O)O)C[C@H](O)[C@@]4(C)C3=CC[C@H]2C1(C)C. The minimum absolute atomic E-state index is 0.0589. The van der Waals surface area contributed by atoms with Crippen LogP contribution in [0.25, 0.3) is 0 Å². The van der Waals surface area contributed by atoms with Crippen molar-refractivity contribution in [1.29, 1.82) is 0 Å². The zero-order valence-electron chi connectivity index (χ0n) is 24.5. The van der Waals surface area contributed by atoms with Crippen molar-refractivity contribution < 1.29 is 29.6 Å². The maximum absolute atomic E-state index is 11.8. The lowest BCUT2D eigenvalue weighted by atomic mass is 9.44. The van der Waals surface area contributed by atoms with Crippen LogP contribution in [0, 0.1) is 39.4 Å². The van der Waals surface area contributed by atoms with Gasteiger partial charge in [-0.1, -0.05) is 59.8 Å². The minimum atomic E-state index is -0.966. The number of rotatable bonds is 6. The van der Waals surface area contributed by atoms with E-state index in [2.05, 4.69) is 46.8 Å². The van der Waals surface area contributed by atoms with Gasteiger partial charge in [-0.3, -0.25) is 4.79 Å². The second kappa shape index (κ2) is 9.62. The Morgan fingerprint density at radius 1 is 1.13 bits per heavy atom. The number of ether oxygens (including phenoxy) is 1. The summed E-state index contributed by atoms with van der Waals surface area (Å²) < 4.78 is 5.79. The molecule has 4 rings (SSSR count). The van der Waals surface area contributed by atoms with Gasteiger partial charge in [0.1, 0.15) is 6.10 Å². The molecule has 2 fully saturated rings. The van der Waals surface area contributed by atoms with E-state index >= 15 is 0 Å². The number of carbonyl (C=O) groups is 2. The monoisotopic (exact) mass is 528 g/mol. The van der Waals surface area contributed by atoms with E-state index in [-0.39, 0.29) is 45.7 Å². The van der Waals surface area contributed by atoms with E-state index in [1.807, 2.05) is 6.92 Å². The molecule has 0 amide bonds. The van der Waals surface area contributed by atoms with Gasteiger partial charge in [-0.15, -0.1) is 0 Å². The number of aliphatic hydroxyl groups is 2. The molecule has 0 aliphatic heterocycles. The number of allylic oxidation sites excluding steroid dienone is 3. The molecule has 0 unspecified atom stereocenters. The molecule has 6 heteroatoms. The molecule has 0 saturated heterocycles. The maximum atomic E-state index is 11.8.